The molecule has 0 aliphatic carbocycles. The third-order valence-corrected chi connectivity index (χ3v) is 3.60. The van der Waals surface area contributed by atoms with Gasteiger partial charge in [-0.3, -0.25) is 0 Å². The van der Waals surface area contributed by atoms with Gasteiger partial charge in [0.2, 0.25) is 0 Å². The molecular weight excluding hydrogens is 292 g/mol. The second-order valence-corrected chi connectivity index (χ2v) is 6.04. The quantitative estimate of drug-likeness (QED) is 0.793. The van der Waals surface area contributed by atoms with E-state index in [2.05, 4.69) is 15.7 Å². The van der Waals surface area contributed by atoms with Gasteiger partial charge in [0.1, 0.15) is 0 Å². The van der Waals surface area contributed by atoms with Crippen molar-refractivity contribution in [2.45, 2.75) is 33.8 Å². The first-order chi connectivity index (χ1) is 10.9. The Labute approximate surface area is 136 Å². The first-order valence-electron chi connectivity index (χ1n) is 7.73. The molecule has 0 bridgehead atoms. The largest absolute Gasteiger partial charge is 0.391 e. The molecule has 1 aromatic heterocycles. The second kappa shape index (κ2) is 7.28. The van der Waals surface area contributed by atoms with E-state index in [4.69, 9.17) is 0 Å². The fraction of sp³-hybridized carbons (Fsp3) is 0.412. The number of anilines is 1. The molecule has 0 unspecified atom stereocenters. The normalized spacial score (nSPS) is 12.3. The van der Waals surface area contributed by atoms with Crippen molar-refractivity contribution in [2.75, 3.05) is 11.9 Å². The molecule has 0 spiro atoms. The number of urea groups is 1. The van der Waals surface area contributed by atoms with Crippen LogP contribution in [-0.2, 0) is 0 Å². The minimum atomic E-state index is -0.554. The summed E-state index contributed by atoms with van der Waals surface area (Å²) in [5.74, 6) is 0.102. The van der Waals surface area contributed by atoms with Gasteiger partial charge in [-0.2, -0.15) is 5.10 Å². The van der Waals surface area contributed by atoms with Crippen LogP contribution in [0.2, 0.25) is 0 Å². The molecule has 6 heteroatoms. The number of carbonyl (C=O) groups is 1. The summed E-state index contributed by atoms with van der Waals surface area (Å²) in [6, 6.07) is 9.14. The summed E-state index contributed by atoms with van der Waals surface area (Å²) < 4.78 is 1.83. The molecule has 2 aromatic rings. The summed E-state index contributed by atoms with van der Waals surface area (Å²) in [6.07, 6.45) is -0.554. The molecule has 1 atom stereocenters. The number of hydrogen-bond acceptors (Lipinski definition) is 3. The van der Waals surface area contributed by atoms with Gasteiger partial charge in [-0.15, -0.1) is 0 Å². The van der Waals surface area contributed by atoms with Crippen molar-refractivity contribution < 1.29 is 9.90 Å². The Balaban J connectivity index is 2.03. The molecule has 23 heavy (non-hydrogen) atoms. The standard InChI is InChI=1S/C17H24N4O2/c1-11(2)16(22)10-18-17(23)19-14-6-5-7-15(9-14)21-13(4)8-12(3)20-21/h5-9,11,16,22H,10H2,1-4H3,(H2,18,19,23)/t16-/m0/s1. The van der Waals surface area contributed by atoms with Gasteiger partial charge in [0.15, 0.2) is 0 Å². The van der Waals surface area contributed by atoms with Gasteiger partial charge in [-0.1, -0.05) is 19.9 Å². The Morgan fingerprint density at radius 1 is 1.30 bits per heavy atom. The van der Waals surface area contributed by atoms with Crippen LogP contribution in [0.5, 0.6) is 0 Å². The first kappa shape index (κ1) is 17.0. The van der Waals surface area contributed by atoms with Gasteiger partial charge in [-0.05, 0) is 44.0 Å². The number of nitrogens with zero attached hydrogens (tertiary/aromatic N) is 2. The van der Waals surface area contributed by atoms with Crippen molar-refractivity contribution in [3.8, 4) is 5.69 Å². The number of aliphatic hydroxyl groups is 1. The van der Waals surface area contributed by atoms with E-state index < -0.39 is 6.10 Å². The minimum absolute atomic E-state index is 0.102. The van der Waals surface area contributed by atoms with E-state index in [1.807, 2.05) is 62.7 Å². The molecule has 0 fully saturated rings. The van der Waals surface area contributed by atoms with Crippen LogP contribution in [0.3, 0.4) is 0 Å². The molecule has 0 saturated carbocycles. The lowest BCUT2D eigenvalue weighted by Crippen LogP contribution is -2.37. The van der Waals surface area contributed by atoms with Crippen LogP contribution in [0, 0.1) is 19.8 Å². The van der Waals surface area contributed by atoms with Crippen LogP contribution >= 0.6 is 0 Å². The zero-order chi connectivity index (χ0) is 17.0. The average Bonchev–Trinajstić information content (AvgIpc) is 2.83. The second-order valence-electron chi connectivity index (χ2n) is 6.04. The molecule has 0 aliphatic rings. The fourth-order valence-corrected chi connectivity index (χ4v) is 2.21. The number of aromatic nitrogens is 2. The van der Waals surface area contributed by atoms with Crippen LogP contribution in [0.4, 0.5) is 10.5 Å². The molecule has 2 rings (SSSR count). The summed E-state index contributed by atoms with van der Waals surface area (Å²) in [5.41, 5.74) is 3.53. The van der Waals surface area contributed by atoms with Gasteiger partial charge in [0.05, 0.1) is 17.5 Å². The average molecular weight is 316 g/mol. The van der Waals surface area contributed by atoms with E-state index in [-0.39, 0.29) is 18.5 Å². The van der Waals surface area contributed by atoms with Crippen molar-refractivity contribution in [3.63, 3.8) is 0 Å². The summed E-state index contributed by atoms with van der Waals surface area (Å²) in [7, 11) is 0. The van der Waals surface area contributed by atoms with Crippen LogP contribution in [0.15, 0.2) is 30.3 Å². The summed E-state index contributed by atoms with van der Waals surface area (Å²) in [5, 5.41) is 19.6. The van der Waals surface area contributed by atoms with E-state index in [0.29, 0.717) is 5.69 Å². The van der Waals surface area contributed by atoms with Crippen LogP contribution in [0.25, 0.3) is 5.69 Å². The minimum Gasteiger partial charge on any atom is -0.391 e. The van der Waals surface area contributed by atoms with E-state index in [0.717, 1.165) is 17.1 Å². The molecule has 2 amide bonds. The molecular formula is C17H24N4O2. The zero-order valence-corrected chi connectivity index (χ0v) is 14.0. The fourth-order valence-electron chi connectivity index (χ4n) is 2.21. The van der Waals surface area contributed by atoms with E-state index >= 15 is 0 Å². The van der Waals surface area contributed by atoms with Crippen molar-refractivity contribution in [3.05, 3.63) is 41.7 Å². The van der Waals surface area contributed by atoms with Crippen molar-refractivity contribution in [2.24, 2.45) is 5.92 Å². The number of aryl methyl sites for hydroxylation is 2. The maximum absolute atomic E-state index is 11.9. The van der Waals surface area contributed by atoms with Gasteiger partial charge in [-0.25, -0.2) is 9.48 Å². The van der Waals surface area contributed by atoms with Crippen LogP contribution in [0.1, 0.15) is 25.2 Å². The molecule has 0 saturated heterocycles. The van der Waals surface area contributed by atoms with Gasteiger partial charge >= 0.3 is 6.03 Å². The summed E-state index contributed by atoms with van der Waals surface area (Å²) in [6.45, 7) is 7.96. The van der Waals surface area contributed by atoms with Gasteiger partial charge in [0, 0.05) is 17.9 Å². The first-order valence-corrected chi connectivity index (χ1v) is 7.73. The van der Waals surface area contributed by atoms with Crippen molar-refractivity contribution >= 4 is 11.7 Å². The van der Waals surface area contributed by atoms with Crippen molar-refractivity contribution in [1.82, 2.24) is 15.1 Å². The molecule has 3 N–H and O–H groups in total. The lowest BCUT2D eigenvalue weighted by atomic mass is 10.1. The Kier molecular flexibility index (Phi) is 5.39. The molecule has 0 aliphatic heterocycles. The Bertz CT molecular complexity index is 679. The highest BCUT2D eigenvalue weighted by Gasteiger charge is 2.11. The Hall–Kier alpha value is -2.34. The predicted octanol–water partition coefficient (Wildman–Crippen LogP) is 2.63. The van der Waals surface area contributed by atoms with Crippen molar-refractivity contribution in [1.29, 1.82) is 0 Å². The lowest BCUT2D eigenvalue weighted by molar-refractivity contribution is 0.126. The van der Waals surface area contributed by atoms with E-state index in [1.54, 1.807) is 0 Å². The SMILES string of the molecule is Cc1cc(C)n(-c2cccc(NC(=O)NC[C@H](O)C(C)C)c2)n1. The van der Waals surface area contributed by atoms with Crippen LogP contribution < -0.4 is 10.6 Å². The maximum atomic E-state index is 11.9. The Morgan fingerprint density at radius 3 is 2.65 bits per heavy atom. The molecule has 0 radical (unpaired) electrons. The van der Waals surface area contributed by atoms with E-state index in [1.165, 1.54) is 0 Å². The molecule has 1 heterocycles. The highest BCUT2D eigenvalue weighted by atomic mass is 16.3. The van der Waals surface area contributed by atoms with Gasteiger partial charge in [0.25, 0.3) is 0 Å². The zero-order valence-electron chi connectivity index (χ0n) is 14.0. The monoisotopic (exact) mass is 316 g/mol. The number of carbonyl (C=O) groups excluding carboxylic acids is 1. The number of rotatable bonds is 5. The number of hydrogen-bond donors (Lipinski definition) is 3. The summed E-state index contributed by atoms with van der Waals surface area (Å²) >= 11 is 0. The smallest absolute Gasteiger partial charge is 0.319 e. The van der Waals surface area contributed by atoms with Gasteiger partial charge < -0.3 is 15.7 Å². The molecule has 124 valence electrons. The Morgan fingerprint density at radius 2 is 2.04 bits per heavy atom. The summed E-state index contributed by atoms with van der Waals surface area (Å²) in [4.78, 5) is 11.9. The third-order valence-electron chi connectivity index (χ3n) is 3.60. The predicted molar refractivity (Wildman–Crippen MR) is 90.9 cm³/mol. The maximum Gasteiger partial charge on any atom is 0.319 e. The number of benzene rings is 1. The number of nitrogens with one attached hydrogen (secondary N) is 2. The lowest BCUT2D eigenvalue weighted by Gasteiger charge is -2.15. The van der Waals surface area contributed by atoms with Crippen LogP contribution in [-0.4, -0.2) is 33.6 Å². The highest BCUT2D eigenvalue weighted by Crippen LogP contribution is 2.16. The highest BCUT2D eigenvalue weighted by molar-refractivity contribution is 5.89. The third kappa shape index (κ3) is 4.56. The molecule has 1 aromatic carbocycles. The number of amides is 2. The molecule has 6 nitrogen and oxygen atoms in total. The topological polar surface area (TPSA) is 79.2 Å². The number of aliphatic hydroxyl groups excluding tert-OH is 1. The van der Waals surface area contributed by atoms with E-state index in [9.17, 15) is 9.90 Å².